The summed E-state index contributed by atoms with van der Waals surface area (Å²) in [5, 5.41) is 0. The maximum absolute atomic E-state index is 12.4. The van der Waals surface area contributed by atoms with E-state index in [1.165, 1.54) is 5.56 Å². The van der Waals surface area contributed by atoms with Gasteiger partial charge in [-0.05, 0) is 36.2 Å². The van der Waals surface area contributed by atoms with Crippen molar-refractivity contribution < 1.29 is 4.79 Å². The van der Waals surface area contributed by atoms with Gasteiger partial charge in [-0.3, -0.25) is 15.6 Å². The van der Waals surface area contributed by atoms with E-state index in [-0.39, 0.29) is 5.91 Å². The number of amides is 1. The molecule has 5 nitrogen and oxygen atoms in total. The van der Waals surface area contributed by atoms with Crippen molar-refractivity contribution in [3.63, 3.8) is 0 Å². The third kappa shape index (κ3) is 2.95. The molecule has 1 heterocycles. The highest BCUT2D eigenvalue weighted by molar-refractivity contribution is 6.04. The zero-order valence-corrected chi connectivity index (χ0v) is 11.6. The number of nitrogens with one attached hydrogen (secondary N) is 1. The van der Waals surface area contributed by atoms with Gasteiger partial charge in [-0.15, -0.1) is 0 Å². The van der Waals surface area contributed by atoms with Crippen molar-refractivity contribution in [3.8, 4) is 0 Å². The smallest absolute Gasteiger partial charge is 0.276 e. The van der Waals surface area contributed by atoms with E-state index >= 15 is 0 Å². The number of hydrogen-bond donors (Lipinski definition) is 2. The zero-order valence-electron chi connectivity index (χ0n) is 11.6. The molecule has 104 valence electrons. The quantitative estimate of drug-likeness (QED) is 0.660. The van der Waals surface area contributed by atoms with Gasteiger partial charge < -0.3 is 10.3 Å². The monoisotopic (exact) mass is 270 g/mol. The molecule has 0 atom stereocenters. The number of carbonyl (C=O) groups excluding carboxylic acids is 1. The minimum atomic E-state index is -0.175. The standard InChI is InChI=1S/C15H18N4O/c1-3-11-4-6-13(7-5-11)19(2)15(20)14-10-12(18-16)8-9-17-14/h4-10H,3,16H2,1-2H3,(H,17,18). The van der Waals surface area contributed by atoms with Crippen LogP contribution >= 0.6 is 0 Å². The SMILES string of the molecule is CCc1ccc(N(C)C(=O)c2cc(NN)ccn2)cc1. The third-order valence-corrected chi connectivity index (χ3v) is 3.18. The second kappa shape index (κ2) is 6.16. The number of aryl methyl sites for hydroxylation is 1. The van der Waals surface area contributed by atoms with Crippen LogP contribution in [0.1, 0.15) is 23.0 Å². The molecule has 2 aromatic rings. The lowest BCUT2D eigenvalue weighted by molar-refractivity contribution is 0.0988. The Labute approximate surface area is 118 Å². The third-order valence-electron chi connectivity index (χ3n) is 3.18. The summed E-state index contributed by atoms with van der Waals surface area (Å²) in [6.45, 7) is 2.10. The van der Waals surface area contributed by atoms with Crippen molar-refractivity contribution in [1.82, 2.24) is 4.98 Å². The molecule has 20 heavy (non-hydrogen) atoms. The minimum absolute atomic E-state index is 0.175. The second-order valence-electron chi connectivity index (χ2n) is 4.46. The van der Waals surface area contributed by atoms with Gasteiger partial charge in [0.05, 0.1) is 5.69 Å². The predicted molar refractivity (Wildman–Crippen MR) is 80.6 cm³/mol. The molecule has 0 spiro atoms. The summed E-state index contributed by atoms with van der Waals surface area (Å²) >= 11 is 0. The maximum Gasteiger partial charge on any atom is 0.276 e. The fraction of sp³-hybridized carbons (Fsp3) is 0.200. The van der Waals surface area contributed by atoms with Crippen LogP contribution in [0.25, 0.3) is 0 Å². The summed E-state index contributed by atoms with van der Waals surface area (Å²) < 4.78 is 0. The molecule has 0 saturated heterocycles. The van der Waals surface area contributed by atoms with E-state index in [1.807, 2.05) is 24.3 Å². The van der Waals surface area contributed by atoms with Gasteiger partial charge >= 0.3 is 0 Å². The number of nitrogens with zero attached hydrogens (tertiary/aromatic N) is 2. The van der Waals surface area contributed by atoms with Gasteiger partial charge in [-0.1, -0.05) is 19.1 Å². The second-order valence-corrected chi connectivity index (χ2v) is 4.46. The van der Waals surface area contributed by atoms with Crippen molar-refractivity contribution in [2.75, 3.05) is 17.4 Å². The van der Waals surface area contributed by atoms with Crippen LogP contribution in [0.3, 0.4) is 0 Å². The molecule has 0 saturated carbocycles. The van der Waals surface area contributed by atoms with E-state index in [4.69, 9.17) is 5.84 Å². The van der Waals surface area contributed by atoms with E-state index < -0.39 is 0 Å². The van der Waals surface area contributed by atoms with Gasteiger partial charge in [0.2, 0.25) is 0 Å². The van der Waals surface area contributed by atoms with Crippen LogP contribution in [-0.2, 0) is 6.42 Å². The Morgan fingerprint density at radius 2 is 2.00 bits per heavy atom. The van der Waals surface area contributed by atoms with E-state index in [0.29, 0.717) is 11.4 Å². The Balaban J connectivity index is 2.22. The van der Waals surface area contributed by atoms with Gasteiger partial charge in [0.25, 0.3) is 5.91 Å². The fourth-order valence-corrected chi connectivity index (χ4v) is 1.88. The van der Waals surface area contributed by atoms with Crippen LogP contribution in [0, 0.1) is 0 Å². The van der Waals surface area contributed by atoms with Crippen LogP contribution in [0.5, 0.6) is 0 Å². The molecular weight excluding hydrogens is 252 g/mol. The topological polar surface area (TPSA) is 71.2 Å². The highest BCUT2D eigenvalue weighted by atomic mass is 16.2. The molecule has 1 aromatic heterocycles. The summed E-state index contributed by atoms with van der Waals surface area (Å²) in [5.41, 5.74) is 5.58. The molecule has 2 rings (SSSR count). The number of pyridine rings is 1. The Hall–Kier alpha value is -2.40. The molecule has 0 unspecified atom stereocenters. The molecule has 1 aromatic carbocycles. The van der Waals surface area contributed by atoms with Gasteiger partial charge in [0.1, 0.15) is 5.69 Å². The van der Waals surface area contributed by atoms with E-state index in [1.54, 1.807) is 30.3 Å². The van der Waals surface area contributed by atoms with Crippen molar-refractivity contribution in [2.45, 2.75) is 13.3 Å². The number of hydrogen-bond acceptors (Lipinski definition) is 4. The first-order chi connectivity index (χ1) is 9.65. The summed E-state index contributed by atoms with van der Waals surface area (Å²) in [5.74, 6) is 5.16. The summed E-state index contributed by atoms with van der Waals surface area (Å²) in [7, 11) is 1.73. The first kappa shape index (κ1) is 14.0. The molecule has 0 radical (unpaired) electrons. The molecule has 3 N–H and O–H groups in total. The van der Waals surface area contributed by atoms with Crippen LogP contribution in [0.4, 0.5) is 11.4 Å². The fourth-order valence-electron chi connectivity index (χ4n) is 1.88. The van der Waals surface area contributed by atoms with Crippen molar-refractivity contribution >= 4 is 17.3 Å². The molecule has 0 aliphatic carbocycles. The molecule has 0 bridgehead atoms. The lowest BCUT2D eigenvalue weighted by Gasteiger charge is -2.17. The highest BCUT2D eigenvalue weighted by Crippen LogP contribution is 2.17. The summed E-state index contributed by atoms with van der Waals surface area (Å²) in [6.07, 6.45) is 2.53. The Kier molecular flexibility index (Phi) is 4.32. The van der Waals surface area contributed by atoms with Gasteiger partial charge in [-0.2, -0.15) is 0 Å². The largest absolute Gasteiger partial charge is 0.324 e. The number of anilines is 2. The van der Waals surface area contributed by atoms with Gasteiger partial charge in [0.15, 0.2) is 0 Å². The first-order valence-corrected chi connectivity index (χ1v) is 6.45. The summed E-state index contributed by atoms with van der Waals surface area (Å²) in [6, 6.07) is 11.2. The average Bonchev–Trinajstić information content (AvgIpc) is 2.53. The van der Waals surface area contributed by atoms with Crippen molar-refractivity contribution in [3.05, 3.63) is 53.9 Å². The lowest BCUT2D eigenvalue weighted by atomic mass is 10.1. The molecule has 0 fully saturated rings. The summed E-state index contributed by atoms with van der Waals surface area (Å²) in [4.78, 5) is 18.0. The van der Waals surface area contributed by atoms with Crippen molar-refractivity contribution in [1.29, 1.82) is 0 Å². The first-order valence-electron chi connectivity index (χ1n) is 6.45. The number of carbonyl (C=O) groups is 1. The molecule has 0 aliphatic rings. The average molecular weight is 270 g/mol. The molecule has 1 amide bonds. The van der Waals surface area contributed by atoms with Crippen LogP contribution < -0.4 is 16.2 Å². The number of nitrogen functional groups attached to an aromatic ring is 1. The molecule has 5 heteroatoms. The Morgan fingerprint density at radius 3 is 2.60 bits per heavy atom. The minimum Gasteiger partial charge on any atom is -0.324 e. The zero-order chi connectivity index (χ0) is 14.5. The number of rotatable bonds is 4. The number of aromatic nitrogens is 1. The van der Waals surface area contributed by atoms with Crippen LogP contribution in [0.15, 0.2) is 42.6 Å². The molecule has 0 aliphatic heterocycles. The van der Waals surface area contributed by atoms with Crippen LogP contribution in [-0.4, -0.2) is 17.9 Å². The van der Waals surface area contributed by atoms with E-state index in [2.05, 4.69) is 17.3 Å². The maximum atomic E-state index is 12.4. The lowest BCUT2D eigenvalue weighted by Crippen LogP contribution is -2.27. The van der Waals surface area contributed by atoms with Gasteiger partial charge in [-0.25, -0.2) is 0 Å². The van der Waals surface area contributed by atoms with E-state index in [9.17, 15) is 4.79 Å². The molecular formula is C15H18N4O. The van der Waals surface area contributed by atoms with Gasteiger partial charge in [0, 0.05) is 18.9 Å². The number of benzene rings is 1. The number of nitrogens with two attached hydrogens (primary N) is 1. The van der Waals surface area contributed by atoms with Crippen LogP contribution in [0.2, 0.25) is 0 Å². The Morgan fingerprint density at radius 1 is 1.30 bits per heavy atom. The predicted octanol–water partition coefficient (Wildman–Crippen LogP) is 2.21. The normalized spacial score (nSPS) is 10.2. The van der Waals surface area contributed by atoms with E-state index in [0.717, 1.165) is 12.1 Å². The Bertz CT molecular complexity index is 595. The number of hydrazine groups is 1. The van der Waals surface area contributed by atoms with Crippen molar-refractivity contribution in [2.24, 2.45) is 5.84 Å². The highest BCUT2D eigenvalue weighted by Gasteiger charge is 2.15.